The molecular weight excluding hydrogens is 460 g/mol. The second kappa shape index (κ2) is 7.09. The molecule has 0 radical (unpaired) electrons. The van der Waals surface area contributed by atoms with Gasteiger partial charge in [0.2, 0.25) is 11.1 Å². The summed E-state index contributed by atoms with van der Waals surface area (Å²) >= 11 is 18.5. The second-order valence-electron chi connectivity index (χ2n) is 6.45. The van der Waals surface area contributed by atoms with Crippen LogP contribution >= 0.6 is 42.4 Å². The van der Waals surface area contributed by atoms with Crippen LogP contribution in [0.2, 0.25) is 15.1 Å². The van der Waals surface area contributed by atoms with Gasteiger partial charge < -0.3 is 9.05 Å². The Labute approximate surface area is 182 Å². The number of nitrogens with zero attached hydrogens (tertiary/aromatic N) is 1. The molecule has 2 aliphatic heterocycles. The third-order valence-corrected chi connectivity index (χ3v) is 8.54. The van der Waals surface area contributed by atoms with E-state index in [9.17, 15) is 14.2 Å². The number of rotatable bonds is 5. The molecule has 4 rings (SSSR count). The minimum atomic E-state index is -4.24. The number of fused-ring (bicyclic) bond motifs is 5. The third kappa shape index (κ3) is 2.61. The zero-order chi connectivity index (χ0) is 21.1. The number of ketones is 1. The van der Waals surface area contributed by atoms with Crippen LogP contribution in [0, 0.1) is 0 Å². The van der Waals surface area contributed by atoms with Crippen molar-refractivity contribution in [2.45, 2.75) is 19.1 Å². The largest absolute Gasteiger partial charge is 0.369 e. The quantitative estimate of drug-likeness (QED) is 0.503. The molecule has 0 aromatic heterocycles. The van der Waals surface area contributed by atoms with Gasteiger partial charge in [-0.1, -0.05) is 34.8 Å². The highest BCUT2D eigenvalue weighted by Gasteiger charge is 2.72. The normalized spacial score (nSPS) is 20.1. The third-order valence-electron chi connectivity index (χ3n) is 4.95. The summed E-state index contributed by atoms with van der Waals surface area (Å²) in [5.74, 6) is -1.15. The van der Waals surface area contributed by atoms with Gasteiger partial charge in [0.1, 0.15) is 0 Å². The standard InChI is InChI=1S/C19H15Cl3NO5P/c1-3-27-29(26,28-4-2)19-13-9-15(22)14(21)8-12(13)18(25)23(19)16-7-10(20)5-6-11(16)17(19)24/h5-9H,3-4H2,1-2H3. The summed E-state index contributed by atoms with van der Waals surface area (Å²) in [5.41, 5.74) is 0.673. The number of carbonyl (C=O) groups excluding carboxylic acids is 2. The van der Waals surface area contributed by atoms with E-state index in [0.29, 0.717) is 5.02 Å². The van der Waals surface area contributed by atoms with Gasteiger partial charge in [-0.3, -0.25) is 19.1 Å². The van der Waals surface area contributed by atoms with E-state index in [-0.39, 0.29) is 45.6 Å². The van der Waals surface area contributed by atoms with E-state index in [1.54, 1.807) is 13.8 Å². The number of anilines is 1. The maximum absolute atomic E-state index is 14.1. The van der Waals surface area contributed by atoms with Crippen molar-refractivity contribution in [3.63, 3.8) is 0 Å². The smallest absolute Gasteiger partial charge is 0.307 e. The van der Waals surface area contributed by atoms with E-state index in [0.717, 1.165) is 4.90 Å². The van der Waals surface area contributed by atoms with Crippen molar-refractivity contribution >= 4 is 59.8 Å². The topological polar surface area (TPSA) is 72.9 Å². The Bertz CT molecular complexity index is 1110. The van der Waals surface area contributed by atoms with Crippen LogP contribution in [0.3, 0.4) is 0 Å². The van der Waals surface area contributed by atoms with Crippen LogP contribution in [-0.2, 0) is 18.9 Å². The maximum Gasteiger partial charge on any atom is 0.369 e. The SMILES string of the molecule is CCOP(=O)(OCC)C12C(=O)c3ccc(Cl)cc3N1C(=O)c1cc(Cl)c(Cl)cc12. The van der Waals surface area contributed by atoms with Gasteiger partial charge in [0.25, 0.3) is 5.91 Å². The first kappa shape index (κ1) is 20.9. The predicted octanol–water partition coefficient (Wildman–Crippen LogP) is 5.92. The highest BCUT2D eigenvalue weighted by molar-refractivity contribution is 7.56. The summed E-state index contributed by atoms with van der Waals surface area (Å²) in [5, 5.41) is -1.47. The summed E-state index contributed by atoms with van der Waals surface area (Å²) in [6, 6.07) is 7.24. The van der Waals surface area contributed by atoms with Gasteiger partial charge in [-0.15, -0.1) is 0 Å². The molecule has 1 unspecified atom stereocenters. The Balaban J connectivity index is 2.14. The number of carbonyl (C=O) groups is 2. The van der Waals surface area contributed by atoms with E-state index < -0.39 is 24.6 Å². The van der Waals surface area contributed by atoms with Crippen LogP contribution in [0.15, 0.2) is 30.3 Å². The highest BCUT2D eigenvalue weighted by Crippen LogP contribution is 2.73. The summed E-state index contributed by atoms with van der Waals surface area (Å²) in [7, 11) is -4.24. The Kier molecular flexibility index (Phi) is 5.10. The number of Topliss-reactive ketones (excluding diaryl/α,β-unsaturated/α-hetero) is 1. The van der Waals surface area contributed by atoms with E-state index in [1.165, 1.54) is 30.3 Å². The molecule has 2 heterocycles. The van der Waals surface area contributed by atoms with Crippen molar-refractivity contribution in [2.24, 2.45) is 0 Å². The molecule has 2 aromatic carbocycles. The van der Waals surface area contributed by atoms with Crippen molar-refractivity contribution < 1.29 is 23.2 Å². The molecule has 1 amide bonds. The Hall–Kier alpha value is -1.40. The van der Waals surface area contributed by atoms with Gasteiger partial charge in [-0.2, -0.15) is 0 Å². The molecule has 0 N–H and O–H groups in total. The summed E-state index contributed by atoms with van der Waals surface area (Å²) in [6.07, 6.45) is 0. The maximum atomic E-state index is 14.1. The second-order valence-corrected chi connectivity index (χ2v) is 9.86. The van der Waals surface area contributed by atoms with Crippen LogP contribution < -0.4 is 4.90 Å². The summed E-state index contributed by atoms with van der Waals surface area (Å²) in [4.78, 5) is 28.3. The highest BCUT2D eigenvalue weighted by atomic mass is 35.5. The number of halogens is 3. The molecule has 0 spiro atoms. The fraction of sp³-hybridized carbons (Fsp3) is 0.263. The van der Waals surface area contributed by atoms with E-state index >= 15 is 0 Å². The number of hydrogen-bond donors (Lipinski definition) is 0. The van der Waals surface area contributed by atoms with Crippen molar-refractivity contribution in [3.8, 4) is 0 Å². The molecule has 2 aromatic rings. The van der Waals surface area contributed by atoms with Crippen LogP contribution in [0.1, 0.15) is 40.1 Å². The molecule has 6 nitrogen and oxygen atoms in total. The van der Waals surface area contributed by atoms with Gasteiger partial charge in [-0.05, 0) is 44.2 Å². The fourth-order valence-electron chi connectivity index (χ4n) is 3.94. The first-order valence-corrected chi connectivity index (χ1v) is 11.5. The Morgan fingerprint density at radius 1 is 0.966 bits per heavy atom. The lowest BCUT2D eigenvalue weighted by Crippen LogP contribution is -2.45. The average Bonchev–Trinajstić information content (AvgIpc) is 3.06. The first-order valence-electron chi connectivity index (χ1n) is 8.80. The molecule has 2 aliphatic rings. The van der Waals surface area contributed by atoms with Crippen molar-refractivity contribution in [1.82, 2.24) is 0 Å². The van der Waals surface area contributed by atoms with Gasteiger partial charge in [0, 0.05) is 21.7 Å². The van der Waals surface area contributed by atoms with Crippen molar-refractivity contribution in [1.29, 1.82) is 0 Å². The van der Waals surface area contributed by atoms with Crippen molar-refractivity contribution in [3.05, 3.63) is 62.1 Å². The minimum Gasteiger partial charge on any atom is -0.307 e. The van der Waals surface area contributed by atoms with E-state index in [2.05, 4.69) is 0 Å². The van der Waals surface area contributed by atoms with Gasteiger partial charge in [-0.25, -0.2) is 0 Å². The van der Waals surface area contributed by atoms with Gasteiger partial charge in [0.05, 0.1) is 28.9 Å². The van der Waals surface area contributed by atoms with Crippen LogP contribution in [-0.4, -0.2) is 24.9 Å². The fourth-order valence-corrected chi connectivity index (χ4v) is 6.85. The molecule has 0 saturated carbocycles. The molecular formula is C19H15Cl3NO5P. The van der Waals surface area contributed by atoms with Crippen molar-refractivity contribution in [2.75, 3.05) is 18.1 Å². The molecule has 0 bridgehead atoms. The van der Waals surface area contributed by atoms with Crippen LogP contribution in [0.5, 0.6) is 0 Å². The minimum absolute atomic E-state index is 0.00208. The Morgan fingerprint density at radius 2 is 1.59 bits per heavy atom. The van der Waals surface area contributed by atoms with E-state index in [1.807, 2.05) is 0 Å². The van der Waals surface area contributed by atoms with E-state index in [4.69, 9.17) is 43.9 Å². The lowest BCUT2D eigenvalue weighted by molar-refractivity contribution is 0.0879. The predicted molar refractivity (Wildman–Crippen MR) is 112 cm³/mol. The number of amides is 1. The average molecular weight is 475 g/mol. The monoisotopic (exact) mass is 473 g/mol. The molecule has 0 fully saturated rings. The van der Waals surface area contributed by atoms with Crippen LogP contribution in [0.4, 0.5) is 5.69 Å². The summed E-state index contributed by atoms with van der Waals surface area (Å²) < 4.78 is 25.3. The molecule has 29 heavy (non-hydrogen) atoms. The van der Waals surface area contributed by atoms with Gasteiger partial charge >= 0.3 is 7.60 Å². The Morgan fingerprint density at radius 3 is 2.21 bits per heavy atom. The lowest BCUT2D eigenvalue weighted by atomic mass is 9.98. The lowest BCUT2D eigenvalue weighted by Gasteiger charge is -2.36. The number of benzene rings is 2. The first-order chi connectivity index (χ1) is 13.7. The summed E-state index contributed by atoms with van der Waals surface area (Å²) in [6.45, 7) is 3.26. The zero-order valence-corrected chi connectivity index (χ0v) is 18.5. The van der Waals surface area contributed by atoms with Crippen LogP contribution in [0.25, 0.3) is 0 Å². The molecule has 0 saturated heterocycles. The molecule has 0 aliphatic carbocycles. The molecule has 1 atom stereocenters. The van der Waals surface area contributed by atoms with Gasteiger partial charge in [0.15, 0.2) is 0 Å². The number of hydrogen-bond acceptors (Lipinski definition) is 5. The molecule has 10 heteroatoms. The zero-order valence-electron chi connectivity index (χ0n) is 15.4. The molecule has 152 valence electrons.